The van der Waals surface area contributed by atoms with Crippen LogP contribution in [0.1, 0.15) is 86.5 Å². The van der Waals surface area contributed by atoms with Crippen molar-refractivity contribution < 1.29 is 5.11 Å². The molecule has 0 fully saturated rings. The van der Waals surface area contributed by atoms with Crippen LogP contribution in [0, 0.1) is 10.8 Å². The van der Waals surface area contributed by atoms with Gasteiger partial charge in [-0.3, -0.25) is 0 Å². The van der Waals surface area contributed by atoms with E-state index >= 15 is 0 Å². The summed E-state index contributed by atoms with van der Waals surface area (Å²) in [5.41, 5.74) is -0.747. The molecule has 0 radical (unpaired) electrons. The summed E-state index contributed by atoms with van der Waals surface area (Å²) in [5, 5.41) is 11.1. The topological polar surface area (TPSA) is 20.2 Å². The normalized spacial score (nSPS) is 13.6. The van der Waals surface area contributed by atoms with Crippen molar-refractivity contribution in [2.45, 2.75) is 92.1 Å². The first kappa shape index (κ1) is 18.7. The zero-order valence-corrected chi connectivity index (χ0v) is 14.2. The lowest BCUT2D eigenvalue weighted by molar-refractivity contribution is -0.143. The Morgan fingerprint density at radius 3 is 1.63 bits per heavy atom. The van der Waals surface area contributed by atoms with E-state index in [0.29, 0.717) is 0 Å². The van der Waals surface area contributed by atoms with Crippen LogP contribution in [0.2, 0.25) is 0 Å². The molecule has 0 saturated heterocycles. The van der Waals surface area contributed by atoms with E-state index in [4.69, 9.17) is 0 Å². The molecule has 0 spiro atoms. The van der Waals surface area contributed by atoms with Gasteiger partial charge in [0.1, 0.15) is 0 Å². The standard InChI is InChI=1S/C18H36O/c1-8-9-10-11-12-13-14-15-18(19,16(2,3)4)17(5,6)7/h8,19H,1,9-15H2,2-7H3. The molecule has 0 aliphatic heterocycles. The molecule has 0 unspecified atom stereocenters. The summed E-state index contributed by atoms with van der Waals surface area (Å²) in [4.78, 5) is 0. The van der Waals surface area contributed by atoms with Crippen molar-refractivity contribution in [1.29, 1.82) is 0 Å². The lowest BCUT2D eigenvalue weighted by atomic mass is 9.60. The fourth-order valence-corrected chi connectivity index (χ4v) is 3.07. The Labute approximate surface area is 121 Å². The van der Waals surface area contributed by atoms with E-state index in [2.05, 4.69) is 48.1 Å². The maximum Gasteiger partial charge on any atom is 0.0743 e. The van der Waals surface area contributed by atoms with Crippen LogP contribution in [0.5, 0.6) is 0 Å². The van der Waals surface area contributed by atoms with Gasteiger partial charge in [0.15, 0.2) is 0 Å². The molecular weight excluding hydrogens is 232 g/mol. The maximum absolute atomic E-state index is 11.1. The first-order valence-electron chi connectivity index (χ1n) is 7.89. The average molecular weight is 268 g/mol. The van der Waals surface area contributed by atoms with Gasteiger partial charge in [-0.15, -0.1) is 6.58 Å². The van der Waals surface area contributed by atoms with Crippen molar-refractivity contribution >= 4 is 0 Å². The van der Waals surface area contributed by atoms with Crippen LogP contribution in [0.25, 0.3) is 0 Å². The number of unbranched alkanes of at least 4 members (excludes halogenated alkanes) is 5. The Hall–Kier alpha value is -0.300. The molecule has 0 bridgehead atoms. The zero-order valence-electron chi connectivity index (χ0n) is 14.2. The number of rotatable bonds is 8. The van der Waals surface area contributed by atoms with Crippen molar-refractivity contribution in [2.75, 3.05) is 0 Å². The summed E-state index contributed by atoms with van der Waals surface area (Å²) in [5.74, 6) is 0. The highest BCUT2D eigenvalue weighted by atomic mass is 16.3. The molecule has 114 valence electrons. The van der Waals surface area contributed by atoms with E-state index < -0.39 is 5.60 Å². The van der Waals surface area contributed by atoms with Crippen molar-refractivity contribution in [3.8, 4) is 0 Å². The molecule has 0 aromatic heterocycles. The maximum atomic E-state index is 11.1. The number of hydrogen-bond acceptors (Lipinski definition) is 1. The number of allylic oxidation sites excluding steroid dienone is 1. The van der Waals surface area contributed by atoms with Crippen molar-refractivity contribution in [3.63, 3.8) is 0 Å². The second kappa shape index (κ2) is 7.47. The largest absolute Gasteiger partial charge is 0.389 e. The summed E-state index contributed by atoms with van der Waals surface area (Å²) in [6.45, 7) is 16.7. The highest BCUT2D eigenvalue weighted by molar-refractivity contribution is 4.99. The molecule has 0 aliphatic carbocycles. The summed E-state index contributed by atoms with van der Waals surface area (Å²) in [6.07, 6.45) is 10.2. The van der Waals surface area contributed by atoms with Crippen molar-refractivity contribution in [2.24, 2.45) is 10.8 Å². The SMILES string of the molecule is C=CCCCCCCCC(O)(C(C)(C)C)C(C)(C)C. The van der Waals surface area contributed by atoms with Crippen LogP contribution in [-0.2, 0) is 0 Å². The first-order chi connectivity index (χ1) is 8.56. The summed E-state index contributed by atoms with van der Waals surface area (Å²) in [6, 6.07) is 0. The second-order valence-corrected chi connectivity index (χ2v) is 7.96. The third-order valence-corrected chi connectivity index (χ3v) is 4.43. The van der Waals surface area contributed by atoms with Gasteiger partial charge in [-0.25, -0.2) is 0 Å². The predicted molar refractivity (Wildman–Crippen MR) is 86.4 cm³/mol. The Morgan fingerprint density at radius 1 is 0.789 bits per heavy atom. The van der Waals surface area contributed by atoms with Crippen LogP contribution in [0.4, 0.5) is 0 Å². The molecular formula is C18H36O. The van der Waals surface area contributed by atoms with Gasteiger partial charge in [-0.2, -0.15) is 0 Å². The van der Waals surface area contributed by atoms with Crippen LogP contribution in [-0.4, -0.2) is 10.7 Å². The summed E-state index contributed by atoms with van der Waals surface area (Å²) in [7, 11) is 0. The van der Waals surface area contributed by atoms with Crippen molar-refractivity contribution in [1.82, 2.24) is 0 Å². The van der Waals surface area contributed by atoms with E-state index in [0.717, 1.165) is 19.3 Å². The third-order valence-electron chi connectivity index (χ3n) is 4.43. The molecule has 1 N–H and O–H groups in total. The third kappa shape index (κ3) is 5.69. The first-order valence-corrected chi connectivity index (χ1v) is 7.89. The Morgan fingerprint density at radius 2 is 1.21 bits per heavy atom. The van der Waals surface area contributed by atoms with Gasteiger partial charge < -0.3 is 5.11 Å². The van der Waals surface area contributed by atoms with Gasteiger partial charge in [0.2, 0.25) is 0 Å². The molecule has 1 nitrogen and oxygen atoms in total. The number of hydrogen-bond donors (Lipinski definition) is 1. The monoisotopic (exact) mass is 268 g/mol. The van der Waals surface area contributed by atoms with Gasteiger partial charge in [0.25, 0.3) is 0 Å². The van der Waals surface area contributed by atoms with E-state index in [1.807, 2.05) is 6.08 Å². The fraction of sp³-hybridized carbons (Fsp3) is 0.889. The molecule has 0 atom stereocenters. The molecule has 0 heterocycles. The molecule has 19 heavy (non-hydrogen) atoms. The van der Waals surface area contributed by atoms with E-state index in [1.54, 1.807) is 0 Å². The molecule has 0 aromatic carbocycles. The van der Waals surface area contributed by atoms with E-state index in [9.17, 15) is 5.11 Å². The van der Waals surface area contributed by atoms with Crippen LogP contribution in [0.15, 0.2) is 12.7 Å². The summed E-state index contributed by atoms with van der Waals surface area (Å²) >= 11 is 0. The average Bonchev–Trinajstić information content (AvgIpc) is 2.24. The minimum absolute atomic E-state index is 0.0753. The van der Waals surface area contributed by atoms with Crippen LogP contribution >= 0.6 is 0 Å². The van der Waals surface area contributed by atoms with E-state index in [1.165, 1.54) is 25.7 Å². The Kier molecular flexibility index (Phi) is 7.36. The van der Waals surface area contributed by atoms with Crippen LogP contribution < -0.4 is 0 Å². The van der Waals surface area contributed by atoms with Gasteiger partial charge in [-0.05, 0) is 30.1 Å². The molecule has 0 rings (SSSR count). The second-order valence-electron chi connectivity index (χ2n) is 7.96. The fourth-order valence-electron chi connectivity index (χ4n) is 3.07. The quantitative estimate of drug-likeness (QED) is 0.440. The molecule has 1 heteroatoms. The zero-order chi connectivity index (χ0) is 15.2. The minimum atomic E-state index is -0.596. The Balaban J connectivity index is 4.21. The van der Waals surface area contributed by atoms with Crippen LogP contribution in [0.3, 0.4) is 0 Å². The summed E-state index contributed by atoms with van der Waals surface area (Å²) < 4.78 is 0. The number of aliphatic hydroxyl groups is 1. The predicted octanol–water partition coefficient (Wildman–Crippen LogP) is 5.73. The molecule has 0 aliphatic rings. The van der Waals surface area contributed by atoms with Gasteiger partial charge in [0.05, 0.1) is 5.60 Å². The van der Waals surface area contributed by atoms with Gasteiger partial charge in [0, 0.05) is 0 Å². The highest BCUT2D eigenvalue weighted by Crippen LogP contribution is 2.47. The lowest BCUT2D eigenvalue weighted by Crippen LogP contribution is -2.53. The molecule has 0 saturated carbocycles. The van der Waals surface area contributed by atoms with Gasteiger partial charge >= 0.3 is 0 Å². The smallest absolute Gasteiger partial charge is 0.0743 e. The van der Waals surface area contributed by atoms with E-state index in [-0.39, 0.29) is 10.8 Å². The van der Waals surface area contributed by atoms with Crippen molar-refractivity contribution in [3.05, 3.63) is 12.7 Å². The molecule has 0 aromatic rings. The minimum Gasteiger partial charge on any atom is -0.389 e. The highest BCUT2D eigenvalue weighted by Gasteiger charge is 2.48. The Bertz CT molecular complexity index is 238. The molecule has 0 amide bonds. The van der Waals surface area contributed by atoms with Gasteiger partial charge in [-0.1, -0.05) is 73.3 Å². The lowest BCUT2D eigenvalue weighted by Gasteiger charge is -2.50.